The Hall–Kier alpha value is -2.43. The number of amides is 3. The molecule has 1 saturated heterocycles. The predicted molar refractivity (Wildman–Crippen MR) is 102 cm³/mol. The van der Waals surface area contributed by atoms with Gasteiger partial charge in [0.25, 0.3) is 11.1 Å². The summed E-state index contributed by atoms with van der Waals surface area (Å²) in [6.45, 7) is 2.15. The summed E-state index contributed by atoms with van der Waals surface area (Å²) in [5.41, 5.74) is 0.522. The fourth-order valence-electron chi connectivity index (χ4n) is 2.12. The molecule has 0 aromatic heterocycles. The molecule has 0 spiro atoms. The maximum atomic E-state index is 12.5. The Morgan fingerprint density at radius 2 is 2.23 bits per heavy atom. The van der Waals surface area contributed by atoms with Crippen LogP contribution in [0.1, 0.15) is 18.9 Å². The first kappa shape index (κ1) is 19.9. The number of carbonyl (C=O) groups is 3. The predicted octanol–water partition coefficient (Wildman–Crippen LogP) is 2.91. The Morgan fingerprint density at radius 1 is 1.46 bits per heavy atom. The van der Waals surface area contributed by atoms with Crippen molar-refractivity contribution in [3.05, 3.63) is 33.7 Å². The molecule has 0 radical (unpaired) electrons. The van der Waals surface area contributed by atoms with Gasteiger partial charge >= 0.3 is 0 Å². The smallest absolute Gasteiger partial charge is 0.294 e. The molecule has 1 aromatic rings. The van der Waals surface area contributed by atoms with Gasteiger partial charge in [-0.1, -0.05) is 24.4 Å². The molecule has 1 N–H and O–H groups in total. The molecule has 136 valence electrons. The van der Waals surface area contributed by atoms with E-state index in [1.165, 1.54) is 6.08 Å². The highest BCUT2D eigenvalue weighted by Gasteiger charge is 2.36. The molecule has 0 saturated carbocycles. The summed E-state index contributed by atoms with van der Waals surface area (Å²) in [4.78, 5) is 37.4. The van der Waals surface area contributed by atoms with Crippen molar-refractivity contribution in [2.24, 2.45) is 0 Å². The maximum absolute atomic E-state index is 12.5. The number of imide groups is 1. The van der Waals surface area contributed by atoms with Crippen LogP contribution in [0.5, 0.6) is 5.75 Å². The van der Waals surface area contributed by atoms with Gasteiger partial charge in [-0.25, -0.2) is 0 Å². The number of terminal acetylenes is 1. The molecule has 1 heterocycles. The second-order valence-electron chi connectivity index (χ2n) is 5.29. The summed E-state index contributed by atoms with van der Waals surface area (Å²) in [5.74, 6) is 1.89. The third-order valence-corrected chi connectivity index (χ3v) is 4.46. The molecule has 0 aliphatic carbocycles. The summed E-state index contributed by atoms with van der Waals surface area (Å²) in [7, 11) is 0. The average molecular weight is 393 g/mol. The highest BCUT2D eigenvalue weighted by atomic mass is 35.5. The lowest BCUT2D eigenvalue weighted by atomic mass is 10.2. The van der Waals surface area contributed by atoms with E-state index in [1.54, 1.807) is 18.2 Å². The topological polar surface area (TPSA) is 75.7 Å². The van der Waals surface area contributed by atoms with Crippen LogP contribution in [0.15, 0.2) is 23.1 Å². The molecule has 3 amide bonds. The number of halogens is 1. The van der Waals surface area contributed by atoms with Gasteiger partial charge in [-0.3, -0.25) is 19.3 Å². The minimum atomic E-state index is -0.533. The van der Waals surface area contributed by atoms with E-state index >= 15 is 0 Å². The highest BCUT2D eigenvalue weighted by Crippen LogP contribution is 2.34. The van der Waals surface area contributed by atoms with Crippen LogP contribution < -0.4 is 10.1 Å². The number of carbonyl (C=O) groups excluding carboxylic acids is 3. The van der Waals surface area contributed by atoms with Gasteiger partial charge in [-0.05, 0) is 42.5 Å². The highest BCUT2D eigenvalue weighted by molar-refractivity contribution is 8.18. The summed E-state index contributed by atoms with van der Waals surface area (Å²) >= 11 is 6.76. The van der Waals surface area contributed by atoms with Gasteiger partial charge in [0.2, 0.25) is 5.91 Å². The monoisotopic (exact) mass is 392 g/mol. The first-order valence-corrected chi connectivity index (χ1v) is 9.03. The maximum Gasteiger partial charge on any atom is 0.294 e. The number of hydrogen-bond acceptors (Lipinski definition) is 5. The number of hydrogen-bond donors (Lipinski definition) is 1. The van der Waals surface area contributed by atoms with E-state index in [0.29, 0.717) is 22.9 Å². The van der Waals surface area contributed by atoms with E-state index in [9.17, 15) is 14.4 Å². The van der Waals surface area contributed by atoms with Gasteiger partial charge in [-0.2, -0.15) is 0 Å². The van der Waals surface area contributed by atoms with Gasteiger partial charge in [-0.15, -0.1) is 6.42 Å². The molecule has 1 fully saturated rings. The number of ether oxygens (including phenoxy) is 1. The Labute approximate surface area is 160 Å². The van der Waals surface area contributed by atoms with Crippen LogP contribution in [0, 0.1) is 12.3 Å². The van der Waals surface area contributed by atoms with Crippen molar-refractivity contribution >= 4 is 46.5 Å². The Morgan fingerprint density at radius 3 is 2.92 bits per heavy atom. The van der Waals surface area contributed by atoms with Crippen molar-refractivity contribution in [1.82, 2.24) is 10.2 Å². The lowest BCUT2D eigenvalue weighted by Crippen LogP contribution is -2.39. The quantitative estimate of drug-likeness (QED) is 0.570. The Kier molecular flexibility index (Phi) is 7.13. The summed E-state index contributed by atoms with van der Waals surface area (Å²) in [5, 5.41) is 2.58. The van der Waals surface area contributed by atoms with Crippen molar-refractivity contribution in [2.45, 2.75) is 13.3 Å². The van der Waals surface area contributed by atoms with Crippen LogP contribution in [0.4, 0.5) is 4.79 Å². The lowest BCUT2D eigenvalue weighted by molar-refractivity contribution is -0.129. The van der Waals surface area contributed by atoms with Crippen LogP contribution in [0.3, 0.4) is 0 Å². The number of benzene rings is 1. The second kappa shape index (κ2) is 9.32. The van der Waals surface area contributed by atoms with E-state index in [1.807, 2.05) is 6.92 Å². The minimum absolute atomic E-state index is 0.0571. The molecular weight excluding hydrogens is 376 g/mol. The van der Waals surface area contributed by atoms with Crippen LogP contribution in [0.2, 0.25) is 5.02 Å². The van der Waals surface area contributed by atoms with E-state index in [2.05, 4.69) is 11.2 Å². The van der Waals surface area contributed by atoms with Gasteiger partial charge in [0.15, 0.2) is 0 Å². The number of thioether (sulfide) groups is 1. The SMILES string of the molecule is C#CCOc1ccc(Cl)cc1/C=C1\SC(=O)N(CC(=O)NCCC)C1=O. The lowest BCUT2D eigenvalue weighted by Gasteiger charge is -2.12. The fourth-order valence-corrected chi connectivity index (χ4v) is 3.13. The molecule has 0 bridgehead atoms. The van der Waals surface area contributed by atoms with Crippen molar-refractivity contribution in [2.75, 3.05) is 19.7 Å². The molecule has 0 unspecified atom stereocenters. The molecule has 6 nitrogen and oxygen atoms in total. The Bertz CT molecular complexity index is 801. The van der Waals surface area contributed by atoms with Gasteiger partial charge < -0.3 is 10.1 Å². The first-order valence-electron chi connectivity index (χ1n) is 7.84. The van der Waals surface area contributed by atoms with Crippen LogP contribution >= 0.6 is 23.4 Å². The third-order valence-electron chi connectivity index (χ3n) is 3.32. The van der Waals surface area contributed by atoms with E-state index in [-0.39, 0.29) is 24.0 Å². The zero-order valence-electron chi connectivity index (χ0n) is 14.1. The van der Waals surface area contributed by atoms with Crippen molar-refractivity contribution in [3.63, 3.8) is 0 Å². The standard InChI is InChI=1S/C18H17ClN2O4S/c1-3-7-20-16(22)11-21-17(23)15(26-18(21)24)10-12-9-13(19)5-6-14(12)25-8-4-2/h2,5-6,9-10H,3,7-8,11H2,1H3,(H,20,22)/b15-10-. The normalized spacial score (nSPS) is 15.3. The third kappa shape index (κ3) is 5.04. The number of rotatable bonds is 7. The molecule has 8 heteroatoms. The zero-order chi connectivity index (χ0) is 19.1. The van der Waals surface area contributed by atoms with Gasteiger partial charge in [0.05, 0.1) is 4.91 Å². The molecule has 1 aliphatic rings. The van der Waals surface area contributed by atoms with Crippen LogP contribution in [-0.2, 0) is 9.59 Å². The Balaban J connectivity index is 2.21. The molecule has 26 heavy (non-hydrogen) atoms. The van der Waals surface area contributed by atoms with Crippen LogP contribution in [0.25, 0.3) is 6.08 Å². The molecule has 0 atom stereocenters. The first-order chi connectivity index (χ1) is 12.5. The van der Waals surface area contributed by atoms with Crippen molar-refractivity contribution < 1.29 is 19.1 Å². The van der Waals surface area contributed by atoms with Gasteiger partial charge in [0, 0.05) is 17.1 Å². The van der Waals surface area contributed by atoms with E-state index in [4.69, 9.17) is 22.8 Å². The molecule has 1 aliphatic heterocycles. The van der Waals surface area contributed by atoms with Crippen molar-refractivity contribution in [1.29, 1.82) is 0 Å². The summed E-state index contributed by atoms with van der Waals surface area (Å²) in [6, 6.07) is 4.87. The number of nitrogens with zero attached hydrogens (tertiary/aromatic N) is 1. The fraction of sp³-hybridized carbons (Fsp3) is 0.278. The molecular formula is C18H17ClN2O4S. The largest absolute Gasteiger partial charge is 0.480 e. The average Bonchev–Trinajstić information content (AvgIpc) is 2.87. The number of nitrogens with one attached hydrogen (secondary N) is 1. The summed E-state index contributed by atoms with van der Waals surface area (Å²) in [6.07, 6.45) is 7.47. The zero-order valence-corrected chi connectivity index (χ0v) is 15.7. The van der Waals surface area contributed by atoms with Gasteiger partial charge in [0.1, 0.15) is 18.9 Å². The summed E-state index contributed by atoms with van der Waals surface area (Å²) < 4.78 is 5.43. The van der Waals surface area contributed by atoms with E-state index in [0.717, 1.165) is 23.1 Å². The second-order valence-corrected chi connectivity index (χ2v) is 6.72. The molecule has 2 rings (SSSR count). The molecule has 1 aromatic carbocycles. The van der Waals surface area contributed by atoms with Crippen molar-refractivity contribution in [3.8, 4) is 18.1 Å². The van der Waals surface area contributed by atoms with E-state index < -0.39 is 11.1 Å². The van der Waals surface area contributed by atoms with Crippen LogP contribution in [-0.4, -0.2) is 41.6 Å². The minimum Gasteiger partial charge on any atom is -0.480 e.